The molecule has 3 heteroatoms. The molecular weight excluding hydrogens is 260 g/mol. The van der Waals surface area contributed by atoms with Crippen LogP contribution in [0.5, 0.6) is 0 Å². The van der Waals surface area contributed by atoms with E-state index < -0.39 is 0 Å². The number of amides is 1. The molecule has 114 valence electrons. The van der Waals surface area contributed by atoms with Crippen LogP contribution in [0.3, 0.4) is 0 Å². The van der Waals surface area contributed by atoms with Crippen molar-refractivity contribution in [1.29, 1.82) is 0 Å². The zero-order valence-electron chi connectivity index (χ0n) is 13.1. The predicted octanol–water partition coefficient (Wildman–Crippen LogP) is 3.11. The summed E-state index contributed by atoms with van der Waals surface area (Å²) in [4.78, 5) is 14.4. The van der Waals surface area contributed by atoms with Crippen molar-refractivity contribution in [3.63, 3.8) is 0 Å². The average molecular weight is 286 g/mol. The molecule has 1 atom stereocenters. The van der Waals surface area contributed by atoms with Gasteiger partial charge < -0.3 is 10.2 Å². The van der Waals surface area contributed by atoms with Gasteiger partial charge in [0.05, 0.1) is 0 Å². The Labute approximate surface area is 128 Å². The Bertz CT molecular complexity index is 496. The second-order valence-electron chi connectivity index (χ2n) is 5.85. The van der Waals surface area contributed by atoms with Crippen LogP contribution >= 0.6 is 0 Å². The lowest BCUT2D eigenvalue weighted by Crippen LogP contribution is -2.30. The number of nitrogens with zero attached hydrogens (tertiary/aromatic N) is 1. The van der Waals surface area contributed by atoms with E-state index in [1.807, 2.05) is 0 Å². The topological polar surface area (TPSA) is 32.3 Å². The molecule has 0 aliphatic heterocycles. The summed E-state index contributed by atoms with van der Waals surface area (Å²) in [5.41, 5.74) is 2.48. The molecule has 2 rings (SSSR count). The van der Waals surface area contributed by atoms with E-state index in [4.69, 9.17) is 0 Å². The number of carbonyl (C=O) groups excluding carboxylic acids is 1. The highest BCUT2D eigenvalue weighted by atomic mass is 16.1. The van der Waals surface area contributed by atoms with Crippen molar-refractivity contribution >= 4 is 5.91 Å². The van der Waals surface area contributed by atoms with Crippen LogP contribution in [0.4, 0.5) is 0 Å². The fraction of sp³-hybridized carbons (Fsp3) is 0.500. The zero-order valence-corrected chi connectivity index (χ0v) is 13.1. The highest BCUT2D eigenvalue weighted by Crippen LogP contribution is 2.18. The van der Waals surface area contributed by atoms with E-state index >= 15 is 0 Å². The first kappa shape index (κ1) is 15.8. The van der Waals surface area contributed by atoms with Crippen LogP contribution in [-0.2, 0) is 17.9 Å². The number of allylic oxidation sites excluding steroid dienone is 2. The molecule has 1 aromatic rings. The summed E-state index contributed by atoms with van der Waals surface area (Å²) in [5.74, 6) is 0.347. The van der Waals surface area contributed by atoms with Gasteiger partial charge >= 0.3 is 0 Å². The van der Waals surface area contributed by atoms with Gasteiger partial charge in [-0.2, -0.15) is 0 Å². The van der Waals surface area contributed by atoms with Gasteiger partial charge in [-0.15, -0.1) is 0 Å². The summed E-state index contributed by atoms with van der Waals surface area (Å²) in [7, 11) is 2.12. The number of nitrogens with one attached hydrogen (secondary N) is 1. The first-order chi connectivity index (χ1) is 10.2. The predicted molar refractivity (Wildman–Crippen MR) is 86.8 cm³/mol. The fourth-order valence-corrected chi connectivity index (χ4v) is 2.63. The number of benzene rings is 1. The van der Waals surface area contributed by atoms with Crippen LogP contribution in [0.2, 0.25) is 0 Å². The van der Waals surface area contributed by atoms with Crippen molar-refractivity contribution in [2.75, 3.05) is 13.6 Å². The summed E-state index contributed by atoms with van der Waals surface area (Å²) < 4.78 is 0. The van der Waals surface area contributed by atoms with Crippen molar-refractivity contribution in [2.24, 2.45) is 5.92 Å². The number of hydrogen-bond acceptors (Lipinski definition) is 2. The third kappa shape index (κ3) is 5.01. The van der Waals surface area contributed by atoms with Crippen molar-refractivity contribution in [2.45, 2.75) is 39.3 Å². The second-order valence-corrected chi connectivity index (χ2v) is 5.85. The van der Waals surface area contributed by atoms with E-state index in [0.29, 0.717) is 6.54 Å². The number of hydrogen-bond donors (Lipinski definition) is 1. The molecule has 0 heterocycles. The van der Waals surface area contributed by atoms with Gasteiger partial charge in [-0.1, -0.05) is 43.3 Å². The fourth-order valence-electron chi connectivity index (χ4n) is 2.63. The molecule has 0 fully saturated rings. The van der Waals surface area contributed by atoms with Crippen LogP contribution in [0.25, 0.3) is 0 Å². The molecule has 0 saturated heterocycles. The lowest BCUT2D eigenvalue weighted by atomic mass is 9.93. The van der Waals surface area contributed by atoms with E-state index in [1.54, 1.807) is 0 Å². The smallest absolute Gasteiger partial charge is 0.223 e. The van der Waals surface area contributed by atoms with Gasteiger partial charge in [-0.25, -0.2) is 0 Å². The third-order valence-electron chi connectivity index (χ3n) is 4.09. The molecule has 0 saturated carbocycles. The maximum Gasteiger partial charge on any atom is 0.223 e. The first-order valence-electron chi connectivity index (χ1n) is 7.88. The standard InChI is InChI=1S/C18H26N2O/c1-3-20(2)14-16-9-7-8-15(12-16)13-19-18(21)17-10-5-4-6-11-17/h4-5,7-9,12,17H,3,6,10-11,13-14H2,1-2H3,(H,19,21)/t17-/m1/s1. The summed E-state index contributed by atoms with van der Waals surface area (Å²) >= 11 is 0. The minimum absolute atomic E-state index is 0.157. The summed E-state index contributed by atoms with van der Waals surface area (Å²) in [6.07, 6.45) is 7.17. The van der Waals surface area contributed by atoms with E-state index in [2.05, 4.69) is 60.6 Å². The SMILES string of the molecule is CCN(C)Cc1cccc(CNC(=O)[C@@H]2CC=CCC2)c1. The Morgan fingerprint density at radius 3 is 2.86 bits per heavy atom. The Morgan fingerprint density at radius 2 is 2.14 bits per heavy atom. The lowest BCUT2D eigenvalue weighted by Gasteiger charge is -2.18. The maximum atomic E-state index is 12.1. The molecule has 3 nitrogen and oxygen atoms in total. The highest BCUT2D eigenvalue weighted by Gasteiger charge is 2.17. The van der Waals surface area contributed by atoms with Crippen molar-refractivity contribution in [3.05, 3.63) is 47.5 Å². The van der Waals surface area contributed by atoms with Crippen LogP contribution in [-0.4, -0.2) is 24.4 Å². The average Bonchev–Trinajstić information content (AvgIpc) is 2.53. The van der Waals surface area contributed by atoms with Crippen LogP contribution in [0.15, 0.2) is 36.4 Å². The molecule has 1 aliphatic rings. The van der Waals surface area contributed by atoms with Gasteiger partial charge in [0.1, 0.15) is 0 Å². The largest absolute Gasteiger partial charge is 0.352 e. The van der Waals surface area contributed by atoms with E-state index in [1.165, 1.54) is 11.1 Å². The maximum absolute atomic E-state index is 12.1. The first-order valence-corrected chi connectivity index (χ1v) is 7.88. The molecule has 1 amide bonds. The van der Waals surface area contributed by atoms with Crippen molar-refractivity contribution < 1.29 is 4.79 Å². The van der Waals surface area contributed by atoms with Crippen molar-refractivity contribution in [3.8, 4) is 0 Å². The molecule has 0 aromatic heterocycles. The Balaban J connectivity index is 1.86. The number of carbonyl (C=O) groups is 1. The normalized spacial score (nSPS) is 18.0. The monoisotopic (exact) mass is 286 g/mol. The van der Waals surface area contributed by atoms with Gasteiger partial charge in [0.2, 0.25) is 5.91 Å². The summed E-state index contributed by atoms with van der Waals surface area (Å²) in [6, 6.07) is 8.48. The molecule has 21 heavy (non-hydrogen) atoms. The van der Waals surface area contributed by atoms with Crippen LogP contribution in [0.1, 0.15) is 37.3 Å². The van der Waals surface area contributed by atoms with Gasteiger partial charge in [0.15, 0.2) is 0 Å². The van der Waals surface area contributed by atoms with E-state index in [9.17, 15) is 4.79 Å². The number of rotatable bonds is 6. The second kappa shape index (κ2) is 7.99. The Hall–Kier alpha value is -1.61. The molecule has 0 radical (unpaired) electrons. The molecule has 1 aromatic carbocycles. The van der Waals surface area contributed by atoms with E-state index in [-0.39, 0.29) is 11.8 Å². The van der Waals surface area contributed by atoms with Gasteiger partial charge in [0, 0.05) is 19.0 Å². The van der Waals surface area contributed by atoms with Crippen molar-refractivity contribution in [1.82, 2.24) is 10.2 Å². The minimum atomic E-state index is 0.157. The van der Waals surface area contributed by atoms with Crippen LogP contribution < -0.4 is 5.32 Å². The zero-order chi connectivity index (χ0) is 15.1. The molecule has 0 spiro atoms. The molecule has 1 aliphatic carbocycles. The van der Waals surface area contributed by atoms with Crippen LogP contribution in [0, 0.1) is 5.92 Å². The van der Waals surface area contributed by atoms with Gasteiger partial charge in [0.25, 0.3) is 0 Å². The summed E-state index contributed by atoms with van der Waals surface area (Å²) in [5, 5.41) is 3.08. The highest BCUT2D eigenvalue weighted by molar-refractivity contribution is 5.78. The molecule has 0 unspecified atom stereocenters. The molecular formula is C18H26N2O. The lowest BCUT2D eigenvalue weighted by molar-refractivity contribution is -0.125. The third-order valence-corrected chi connectivity index (χ3v) is 4.09. The van der Waals surface area contributed by atoms with Gasteiger partial charge in [-0.3, -0.25) is 4.79 Å². The molecule has 0 bridgehead atoms. The molecule has 1 N–H and O–H groups in total. The Morgan fingerprint density at radius 1 is 1.33 bits per heavy atom. The minimum Gasteiger partial charge on any atom is -0.352 e. The Kier molecular flexibility index (Phi) is 6.00. The van der Waals surface area contributed by atoms with E-state index in [0.717, 1.165) is 32.4 Å². The van der Waals surface area contributed by atoms with Gasteiger partial charge in [-0.05, 0) is 44.0 Å². The summed E-state index contributed by atoms with van der Waals surface area (Å²) in [6.45, 7) is 4.77. The quantitative estimate of drug-likeness (QED) is 0.815.